The lowest BCUT2D eigenvalue weighted by Crippen LogP contribution is -2.18. The van der Waals surface area contributed by atoms with Crippen molar-refractivity contribution in [1.82, 2.24) is 0 Å². The Morgan fingerprint density at radius 1 is 1.41 bits per heavy atom. The minimum absolute atomic E-state index is 0.0460. The fraction of sp³-hybridized carbons (Fsp3) is 0.692. The molecule has 94 valence electrons. The number of rotatable bonds is 4. The topological polar surface area (TPSA) is 59.3 Å². The Morgan fingerprint density at radius 3 is 2.41 bits per heavy atom. The molecule has 0 aromatic rings. The third-order valence-electron chi connectivity index (χ3n) is 2.87. The first-order valence-corrected chi connectivity index (χ1v) is 5.62. The van der Waals surface area contributed by atoms with E-state index in [0.717, 1.165) is 0 Å². The molecule has 0 saturated heterocycles. The zero-order chi connectivity index (χ0) is 13.3. The molecular weight excluding hydrogens is 218 g/mol. The summed E-state index contributed by atoms with van der Waals surface area (Å²) in [5.74, 6) is 0.331. The Kier molecular flexibility index (Phi) is 3.51. The van der Waals surface area contributed by atoms with Crippen LogP contribution >= 0.6 is 0 Å². The number of carbonyl (C=O) groups excluding carboxylic acids is 1. The highest BCUT2D eigenvalue weighted by Gasteiger charge is 2.59. The van der Waals surface area contributed by atoms with Crippen LogP contribution in [0.15, 0.2) is 11.8 Å². The van der Waals surface area contributed by atoms with Crippen LogP contribution in [0.3, 0.4) is 0 Å². The van der Waals surface area contributed by atoms with E-state index in [9.17, 15) is 4.79 Å². The van der Waals surface area contributed by atoms with Crippen LogP contribution in [0.1, 0.15) is 34.6 Å². The SMILES string of the molecule is CC(C)(C)OC(C#N)=CC1C(OC=O)C1(C)C. The summed E-state index contributed by atoms with van der Waals surface area (Å²) in [4.78, 5) is 10.3. The molecule has 0 amide bonds. The van der Waals surface area contributed by atoms with Gasteiger partial charge in [-0.15, -0.1) is 0 Å². The standard InChI is InChI=1S/C13H19NO3/c1-12(2,3)17-9(7-14)6-10-11(16-8-15)13(10,4)5/h6,8,10-11H,1-5H3. The van der Waals surface area contributed by atoms with Gasteiger partial charge in [0.05, 0.1) is 0 Å². The maximum absolute atomic E-state index is 10.3. The third kappa shape index (κ3) is 3.23. The van der Waals surface area contributed by atoms with E-state index in [1.54, 1.807) is 6.08 Å². The van der Waals surface area contributed by atoms with Crippen molar-refractivity contribution >= 4 is 6.47 Å². The predicted octanol–water partition coefficient (Wildman–Crippen LogP) is 2.41. The van der Waals surface area contributed by atoms with Crippen molar-refractivity contribution in [2.24, 2.45) is 11.3 Å². The Morgan fingerprint density at radius 2 is 2.00 bits per heavy atom. The van der Waals surface area contributed by atoms with Crippen molar-refractivity contribution in [1.29, 1.82) is 5.26 Å². The van der Waals surface area contributed by atoms with E-state index < -0.39 is 5.60 Å². The molecule has 0 aliphatic heterocycles. The van der Waals surface area contributed by atoms with E-state index in [0.29, 0.717) is 6.47 Å². The molecule has 0 radical (unpaired) electrons. The van der Waals surface area contributed by atoms with Gasteiger partial charge in [0.1, 0.15) is 17.8 Å². The van der Waals surface area contributed by atoms with Crippen LogP contribution < -0.4 is 0 Å². The fourth-order valence-electron chi connectivity index (χ4n) is 1.84. The summed E-state index contributed by atoms with van der Waals surface area (Å²) in [5, 5.41) is 9.00. The van der Waals surface area contributed by atoms with Crippen molar-refractivity contribution in [2.45, 2.75) is 46.3 Å². The van der Waals surface area contributed by atoms with Gasteiger partial charge in [-0.3, -0.25) is 4.79 Å². The van der Waals surface area contributed by atoms with Gasteiger partial charge in [0.15, 0.2) is 5.76 Å². The van der Waals surface area contributed by atoms with E-state index in [-0.39, 0.29) is 23.2 Å². The second-order valence-corrected chi connectivity index (χ2v) is 5.86. The van der Waals surface area contributed by atoms with Crippen molar-refractivity contribution in [3.05, 3.63) is 11.8 Å². The van der Waals surface area contributed by atoms with E-state index in [1.165, 1.54) is 0 Å². The lowest BCUT2D eigenvalue weighted by Gasteiger charge is -2.20. The molecule has 2 unspecified atom stereocenters. The summed E-state index contributed by atoms with van der Waals surface area (Å²) in [5.41, 5.74) is -0.522. The van der Waals surface area contributed by atoms with E-state index in [1.807, 2.05) is 40.7 Å². The molecule has 0 heterocycles. The zero-order valence-electron chi connectivity index (χ0n) is 11.0. The zero-order valence-corrected chi connectivity index (χ0v) is 11.0. The Balaban J connectivity index is 2.75. The molecule has 1 aliphatic carbocycles. The average Bonchev–Trinajstić information content (AvgIpc) is 2.67. The first kappa shape index (κ1) is 13.6. The molecule has 1 rings (SSSR count). The van der Waals surface area contributed by atoms with Crippen LogP contribution in [0.5, 0.6) is 0 Å². The lowest BCUT2D eigenvalue weighted by atomic mass is 10.1. The number of hydrogen-bond donors (Lipinski definition) is 0. The number of hydrogen-bond acceptors (Lipinski definition) is 4. The Bertz CT molecular complexity index is 371. The quantitative estimate of drug-likeness (QED) is 0.428. The molecule has 2 atom stereocenters. The summed E-state index contributed by atoms with van der Waals surface area (Å²) in [7, 11) is 0. The molecule has 4 heteroatoms. The highest BCUT2D eigenvalue weighted by Crippen LogP contribution is 2.55. The molecule has 0 N–H and O–H groups in total. The maximum Gasteiger partial charge on any atom is 0.293 e. The Labute approximate surface area is 102 Å². The van der Waals surface area contributed by atoms with E-state index in [4.69, 9.17) is 14.7 Å². The molecule has 0 aromatic heterocycles. The predicted molar refractivity (Wildman–Crippen MR) is 62.7 cm³/mol. The van der Waals surface area contributed by atoms with Crippen LogP contribution in [0.25, 0.3) is 0 Å². The Hall–Kier alpha value is -1.50. The van der Waals surface area contributed by atoms with E-state index in [2.05, 4.69) is 0 Å². The van der Waals surface area contributed by atoms with Gasteiger partial charge < -0.3 is 9.47 Å². The van der Waals surface area contributed by atoms with Crippen molar-refractivity contribution in [3.8, 4) is 6.07 Å². The molecule has 1 aliphatic rings. The number of nitriles is 1. The third-order valence-corrected chi connectivity index (χ3v) is 2.87. The molecule has 4 nitrogen and oxygen atoms in total. The summed E-state index contributed by atoms with van der Waals surface area (Å²) in [6, 6.07) is 2.03. The largest absolute Gasteiger partial charge is 0.478 e. The molecule has 0 aromatic carbocycles. The van der Waals surface area contributed by atoms with Crippen LogP contribution in [-0.4, -0.2) is 18.2 Å². The number of nitrogens with zero attached hydrogens (tertiary/aromatic N) is 1. The number of carbonyl (C=O) groups is 1. The first-order chi connectivity index (χ1) is 7.72. The molecule has 0 spiro atoms. The molecule has 17 heavy (non-hydrogen) atoms. The van der Waals surface area contributed by atoms with Crippen LogP contribution in [0.4, 0.5) is 0 Å². The molecule has 1 saturated carbocycles. The summed E-state index contributed by atoms with van der Waals surface area (Å²) < 4.78 is 10.5. The summed E-state index contributed by atoms with van der Waals surface area (Å²) >= 11 is 0. The monoisotopic (exact) mass is 237 g/mol. The summed E-state index contributed by atoms with van der Waals surface area (Å²) in [6.45, 7) is 10.1. The van der Waals surface area contributed by atoms with Crippen molar-refractivity contribution in [3.63, 3.8) is 0 Å². The fourth-order valence-corrected chi connectivity index (χ4v) is 1.84. The average molecular weight is 237 g/mol. The number of ether oxygens (including phenoxy) is 2. The van der Waals surface area contributed by atoms with Crippen molar-refractivity contribution in [2.75, 3.05) is 0 Å². The van der Waals surface area contributed by atoms with Gasteiger partial charge >= 0.3 is 0 Å². The van der Waals surface area contributed by atoms with Gasteiger partial charge in [-0.25, -0.2) is 0 Å². The van der Waals surface area contributed by atoms with Crippen LogP contribution in [0.2, 0.25) is 0 Å². The second kappa shape index (κ2) is 4.40. The minimum Gasteiger partial charge on any atom is -0.478 e. The summed E-state index contributed by atoms with van der Waals surface area (Å²) in [6.07, 6.45) is 1.59. The van der Waals surface area contributed by atoms with Gasteiger partial charge in [-0.2, -0.15) is 5.26 Å². The van der Waals surface area contributed by atoms with Gasteiger partial charge in [0, 0.05) is 11.3 Å². The van der Waals surface area contributed by atoms with Gasteiger partial charge in [-0.1, -0.05) is 13.8 Å². The first-order valence-electron chi connectivity index (χ1n) is 5.62. The molecule has 0 bridgehead atoms. The van der Waals surface area contributed by atoms with Crippen molar-refractivity contribution < 1.29 is 14.3 Å². The molecular formula is C13H19NO3. The van der Waals surface area contributed by atoms with Crippen LogP contribution in [0, 0.1) is 22.7 Å². The minimum atomic E-state index is -0.401. The van der Waals surface area contributed by atoms with Crippen LogP contribution in [-0.2, 0) is 14.3 Å². The highest BCUT2D eigenvalue weighted by atomic mass is 16.5. The van der Waals surface area contributed by atoms with Gasteiger partial charge in [0.2, 0.25) is 0 Å². The highest BCUT2D eigenvalue weighted by molar-refractivity contribution is 5.40. The lowest BCUT2D eigenvalue weighted by molar-refractivity contribution is -0.131. The van der Waals surface area contributed by atoms with Gasteiger partial charge in [-0.05, 0) is 26.8 Å². The molecule has 1 fully saturated rings. The van der Waals surface area contributed by atoms with E-state index >= 15 is 0 Å². The second-order valence-electron chi connectivity index (χ2n) is 5.86. The number of allylic oxidation sites excluding steroid dienone is 1. The smallest absolute Gasteiger partial charge is 0.293 e. The van der Waals surface area contributed by atoms with Gasteiger partial charge in [0.25, 0.3) is 6.47 Å². The maximum atomic E-state index is 10.3. The normalized spacial score (nSPS) is 26.9.